The molecule has 1 amide bonds. The van der Waals surface area contributed by atoms with Crippen LogP contribution in [-0.2, 0) is 14.3 Å². The number of ether oxygens (including phenoxy) is 1. The minimum absolute atomic E-state index is 0.0124. The summed E-state index contributed by atoms with van der Waals surface area (Å²) in [6.07, 6.45) is 89.5. The molecule has 0 saturated heterocycles. The second-order valence-electron chi connectivity index (χ2n) is 24.9. The molecule has 0 aromatic rings. The van der Waals surface area contributed by atoms with E-state index in [-0.39, 0.29) is 18.5 Å². The Balaban J connectivity index is 3.34. The summed E-state index contributed by atoms with van der Waals surface area (Å²) in [7, 11) is 0. The van der Waals surface area contributed by atoms with Gasteiger partial charge >= 0.3 is 5.97 Å². The molecule has 80 heavy (non-hydrogen) atoms. The van der Waals surface area contributed by atoms with Crippen LogP contribution in [0.15, 0.2) is 36.5 Å². The van der Waals surface area contributed by atoms with E-state index in [0.717, 1.165) is 51.4 Å². The highest BCUT2D eigenvalue weighted by atomic mass is 16.5. The highest BCUT2D eigenvalue weighted by Crippen LogP contribution is 2.19. The Hall–Kier alpha value is -1.92. The maximum Gasteiger partial charge on any atom is 0.305 e. The van der Waals surface area contributed by atoms with Gasteiger partial charge in [0.25, 0.3) is 0 Å². The summed E-state index contributed by atoms with van der Waals surface area (Å²) in [6.45, 7) is 4.91. The lowest BCUT2D eigenvalue weighted by atomic mass is 10.0. The molecule has 0 spiro atoms. The minimum atomic E-state index is -0.842. The summed E-state index contributed by atoms with van der Waals surface area (Å²) in [5.74, 6) is -0.0490. The van der Waals surface area contributed by atoms with E-state index < -0.39 is 12.1 Å². The van der Waals surface area contributed by atoms with Gasteiger partial charge in [0, 0.05) is 12.8 Å². The molecule has 0 aromatic heterocycles. The normalized spacial score (nSPS) is 12.7. The lowest BCUT2D eigenvalue weighted by Gasteiger charge is -2.20. The number of rotatable bonds is 68. The number of allylic oxidation sites excluding steroid dienone is 5. The Bertz CT molecular complexity index is 1300. The molecule has 2 atom stereocenters. The second-order valence-corrected chi connectivity index (χ2v) is 24.9. The maximum atomic E-state index is 12.5. The van der Waals surface area contributed by atoms with Crippen molar-refractivity contribution < 1.29 is 24.5 Å². The maximum absolute atomic E-state index is 12.5. The largest absolute Gasteiger partial charge is 0.466 e. The molecular weight excluding hydrogens is 983 g/mol. The third-order valence-electron chi connectivity index (χ3n) is 16.9. The monoisotopic (exact) mass is 1120 g/mol. The number of hydrogen-bond acceptors (Lipinski definition) is 5. The zero-order valence-electron chi connectivity index (χ0n) is 54.1. The molecule has 0 aliphatic carbocycles. The number of aliphatic hydroxyl groups is 2. The van der Waals surface area contributed by atoms with Crippen molar-refractivity contribution in [3.8, 4) is 0 Å². The van der Waals surface area contributed by atoms with E-state index in [1.54, 1.807) is 6.08 Å². The van der Waals surface area contributed by atoms with Crippen LogP contribution in [0.1, 0.15) is 399 Å². The van der Waals surface area contributed by atoms with Gasteiger partial charge in [-0.3, -0.25) is 9.59 Å². The Labute approximate surface area is 500 Å². The van der Waals surface area contributed by atoms with Gasteiger partial charge in [0.1, 0.15) is 0 Å². The third-order valence-corrected chi connectivity index (χ3v) is 16.9. The number of aliphatic hydroxyl groups excluding tert-OH is 2. The van der Waals surface area contributed by atoms with Crippen LogP contribution in [0.4, 0.5) is 0 Å². The zero-order chi connectivity index (χ0) is 57.8. The van der Waals surface area contributed by atoms with Gasteiger partial charge < -0.3 is 20.3 Å². The molecule has 2 unspecified atom stereocenters. The van der Waals surface area contributed by atoms with Crippen LogP contribution >= 0.6 is 0 Å². The number of nitrogens with one attached hydrogen (secondary N) is 1. The fourth-order valence-electron chi connectivity index (χ4n) is 11.4. The molecular formula is C74H141NO5. The Morgan fingerprint density at radius 3 is 0.975 bits per heavy atom. The number of esters is 1. The van der Waals surface area contributed by atoms with Crippen LogP contribution < -0.4 is 5.32 Å². The van der Waals surface area contributed by atoms with Crippen molar-refractivity contribution >= 4 is 11.9 Å². The van der Waals surface area contributed by atoms with Crippen molar-refractivity contribution in [2.75, 3.05) is 13.2 Å². The number of hydrogen-bond donors (Lipinski definition) is 3. The van der Waals surface area contributed by atoms with Crippen LogP contribution in [0.3, 0.4) is 0 Å². The predicted molar refractivity (Wildman–Crippen MR) is 352 cm³/mol. The van der Waals surface area contributed by atoms with Gasteiger partial charge in [-0.05, 0) is 64.2 Å². The number of amides is 1. The molecule has 0 saturated carbocycles. The Kier molecular flexibility index (Phi) is 67.9. The van der Waals surface area contributed by atoms with Crippen LogP contribution in [0, 0.1) is 0 Å². The molecule has 0 radical (unpaired) electrons. The average Bonchev–Trinajstić information content (AvgIpc) is 3.46. The summed E-state index contributed by atoms with van der Waals surface area (Å²) in [5.41, 5.74) is 0. The van der Waals surface area contributed by atoms with E-state index >= 15 is 0 Å². The fourth-order valence-corrected chi connectivity index (χ4v) is 11.4. The van der Waals surface area contributed by atoms with Crippen molar-refractivity contribution in [2.24, 2.45) is 0 Å². The number of carbonyl (C=O) groups excluding carboxylic acids is 2. The highest BCUT2D eigenvalue weighted by molar-refractivity contribution is 5.76. The summed E-state index contributed by atoms with van der Waals surface area (Å²) in [6, 6.07) is -0.625. The van der Waals surface area contributed by atoms with Crippen LogP contribution in [0.5, 0.6) is 0 Å². The number of carbonyl (C=O) groups is 2. The zero-order valence-corrected chi connectivity index (χ0v) is 54.1. The first-order chi connectivity index (χ1) is 39.5. The molecule has 0 aliphatic heterocycles. The highest BCUT2D eigenvalue weighted by Gasteiger charge is 2.18. The van der Waals surface area contributed by atoms with Crippen LogP contribution in [0.2, 0.25) is 0 Å². The average molecular weight is 1120 g/mol. The smallest absolute Gasteiger partial charge is 0.305 e. The van der Waals surface area contributed by atoms with Gasteiger partial charge in [-0.25, -0.2) is 0 Å². The van der Waals surface area contributed by atoms with Gasteiger partial charge in [-0.2, -0.15) is 0 Å². The van der Waals surface area contributed by atoms with E-state index in [9.17, 15) is 19.8 Å². The molecule has 0 aliphatic rings. The lowest BCUT2D eigenvalue weighted by molar-refractivity contribution is -0.143. The molecule has 0 bridgehead atoms. The Morgan fingerprint density at radius 1 is 0.350 bits per heavy atom. The molecule has 3 N–H and O–H groups in total. The van der Waals surface area contributed by atoms with Gasteiger partial charge in [0.2, 0.25) is 5.91 Å². The topological polar surface area (TPSA) is 95.9 Å². The van der Waals surface area contributed by atoms with E-state index in [1.165, 1.54) is 321 Å². The van der Waals surface area contributed by atoms with Crippen molar-refractivity contribution in [2.45, 2.75) is 411 Å². The van der Waals surface area contributed by atoms with Gasteiger partial charge in [0.05, 0.1) is 25.4 Å². The summed E-state index contributed by atoms with van der Waals surface area (Å²) in [4.78, 5) is 24.6. The van der Waals surface area contributed by atoms with E-state index in [1.807, 2.05) is 6.08 Å². The SMILES string of the molecule is CCCCC/C=C\C/C=C\CCCCCCCCCC(=O)OCCCCCCCCCCCCCCCCCCCCCCCCCCCCCCCCC(=O)NC(CO)C(O)/C=C/CCCCCCCCCCCCCCCC. The molecule has 6 heteroatoms. The summed E-state index contributed by atoms with van der Waals surface area (Å²) < 4.78 is 5.50. The van der Waals surface area contributed by atoms with E-state index in [0.29, 0.717) is 19.4 Å². The first-order valence-corrected chi connectivity index (χ1v) is 36.3. The summed E-state index contributed by atoms with van der Waals surface area (Å²) >= 11 is 0. The van der Waals surface area contributed by atoms with Gasteiger partial charge in [-0.15, -0.1) is 0 Å². The standard InChI is InChI=1S/C74H141NO5/c1-3-5-7-9-11-13-15-17-19-35-40-44-48-52-56-60-64-68-74(79)80-69-65-61-57-53-49-45-41-37-34-32-30-28-26-24-22-21-23-25-27-29-31-33-36-39-43-47-51-55-59-63-67-73(78)75-71(70-76)72(77)66-62-58-54-50-46-42-38-20-18-16-14-12-10-8-6-4-2/h11,13,17,19,62,66,71-72,76-77H,3-10,12,14-16,18,20-61,63-65,67-70H2,1-2H3,(H,75,78)/b13-11-,19-17-,66-62+. The third kappa shape index (κ3) is 65.2. The fraction of sp³-hybridized carbons (Fsp3) is 0.892. The van der Waals surface area contributed by atoms with Crippen molar-refractivity contribution in [3.05, 3.63) is 36.5 Å². The molecule has 0 rings (SSSR count). The predicted octanol–water partition coefficient (Wildman–Crippen LogP) is 23.5. The first kappa shape index (κ1) is 78.1. The van der Waals surface area contributed by atoms with E-state index in [2.05, 4.69) is 43.5 Å². The van der Waals surface area contributed by atoms with Gasteiger partial charge in [0.15, 0.2) is 0 Å². The van der Waals surface area contributed by atoms with Crippen molar-refractivity contribution in [1.29, 1.82) is 0 Å². The van der Waals surface area contributed by atoms with E-state index in [4.69, 9.17) is 4.74 Å². The second kappa shape index (κ2) is 69.6. The van der Waals surface area contributed by atoms with Crippen molar-refractivity contribution in [3.63, 3.8) is 0 Å². The molecule has 6 nitrogen and oxygen atoms in total. The quantitative estimate of drug-likeness (QED) is 0.0320. The van der Waals surface area contributed by atoms with Crippen LogP contribution in [-0.4, -0.2) is 47.4 Å². The molecule has 472 valence electrons. The first-order valence-electron chi connectivity index (χ1n) is 36.3. The molecule has 0 aromatic carbocycles. The Morgan fingerprint density at radius 2 is 0.625 bits per heavy atom. The lowest BCUT2D eigenvalue weighted by Crippen LogP contribution is -2.45. The minimum Gasteiger partial charge on any atom is -0.466 e. The van der Waals surface area contributed by atoms with Crippen LogP contribution in [0.25, 0.3) is 0 Å². The molecule has 0 heterocycles. The van der Waals surface area contributed by atoms with Crippen molar-refractivity contribution in [1.82, 2.24) is 5.32 Å². The van der Waals surface area contributed by atoms with Gasteiger partial charge in [-0.1, -0.05) is 359 Å². The summed E-state index contributed by atoms with van der Waals surface area (Å²) in [5, 5.41) is 23.2. The molecule has 0 fully saturated rings. The number of unbranched alkanes of at least 4 members (excludes halogenated alkanes) is 53.